The molecule has 9 aromatic rings. The lowest BCUT2D eigenvalue weighted by molar-refractivity contribution is 0.0260. The highest BCUT2D eigenvalue weighted by atomic mass is 35.5. The molecule has 0 radical (unpaired) electrons. The molecule has 3 aliphatic rings. The van der Waals surface area contributed by atoms with E-state index < -0.39 is 0 Å². The van der Waals surface area contributed by atoms with Gasteiger partial charge in [0.2, 0.25) is 17.6 Å². The predicted molar refractivity (Wildman–Crippen MR) is 334 cm³/mol. The summed E-state index contributed by atoms with van der Waals surface area (Å²) in [6.45, 7) is 13.6. The van der Waals surface area contributed by atoms with Crippen LogP contribution in [0.2, 0.25) is 15.1 Å². The van der Waals surface area contributed by atoms with E-state index in [1.807, 2.05) is 75.6 Å². The van der Waals surface area contributed by atoms with Crippen LogP contribution in [0, 0.1) is 20.8 Å². The van der Waals surface area contributed by atoms with Crippen LogP contribution < -0.4 is 14.2 Å². The minimum absolute atomic E-state index is 0.0986. The van der Waals surface area contributed by atoms with E-state index in [4.69, 9.17) is 49.0 Å². The van der Waals surface area contributed by atoms with Crippen molar-refractivity contribution in [1.82, 2.24) is 79.5 Å². The smallest absolute Gasteiger partial charge is 0.275 e. The molecule has 89 heavy (non-hydrogen) atoms. The second-order valence-corrected chi connectivity index (χ2v) is 23.0. The zero-order chi connectivity index (χ0) is 62.6. The van der Waals surface area contributed by atoms with E-state index in [2.05, 4.69) is 60.0 Å². The summed E-state index contributed by atoms with van der Waals surface area (Å²) in [5.74, 6) is 2.00. The molecule has 458 valence electrons. The first-order valence-corrected chi connectivity index (χ1v) is 30.3. The third-order valence-electron chi connectivity index (χ3n) is 15.4. The van der Waals surface area contributed by atoms with Crippen molar-refractivity contribution in [1.29, 1.82) is 0 Å². The fraction of sp³-hybridized carbons (Fsp3) is 0.328. The van der Waals surface area contributed by atoms with Crippen molar-refractivity contribution in [2.24, 2.45) is 0 Å². The van der Waals surface area contributed by atoms with Gasteiger partial charge < -0.3 is 28.9 Å². The molecule has 12 heterocycles. The Bertz CT molecular complexity index is 3840. The van der Waals surface area contributed by atoms with Crippen LogP contribution in [0.4, 0.5) is 0 Å². The van der Waals surface area contributed by atoms with Crippen LogP contribution in [0.3, 0.4) is 0 Å². The SMILES string of the molecule is Cc1ccc(-n2nccn2)c(C(=O)N2CCC[C@@H](Oc3ccc(Cl)cn3)[C@@H]2C)n1.Cc1cnc(-c2ncccn2)c(C(=O)N2CCC[C@@H](Oc3ccc(Cl)cn3)[C@@H]2C)c1.Cc1cnc(C(=O)N2CCC[C@@H](Oc3ccc(Cl)cn3)[C@@H]2C)c(-c2ncccn2)c1. The highest BCUT2D eigenvalue weighted by Gasteiger charge is 2.38. The second kappa shape index (κ2) is 29.3. The number of aryl methyl sites for hydroxylation is 3. The van der Waals surface area contributed by atoms with Crippen molar-refractivity contribution in [2.45, 2.75) is 117 Å². The van der Waals surface area contributed by atoms with E-state index in [0.717, 1.165) is 55.3 Å². The first-order chi connectivity index (χ1) is 43.1. The van der Waals surface area contributed by atoms with Gasteiger partial charge in [-0.2, -0.15) is 10.2 Å². The van der Waals surface area contributed by atoms with Gasteiger partial charge in [-0.3, -0.25) is 24.4 Å². The molecule has 0 aromatic carbocycles. The molecule has 0 saturated carbocycles. The minimum atomic E-state index is -0.169. The molecule has 0 unspecified atom stereocenters. The van der Waals surface area contributed by atoms with Crippen molar-refractivity contribution >= 4 is 52.5 Å². The van der Waals surface area contributed by atoms with Gasteiger partial charge in [0.1, 0.15) is 35.4 Å². The third-order valence-corrected chi connectivity index (χ3v) is 16.0. The molecule has 0 spiro atoms. The van der Waals surface area contributed by atoms with Crippen LogP contribution in [-0.2, 0) is 0 Å². The van der Waals surface area contributed by atoms with Crippen molar-refractivity contribution in [2.75, 3.05) is 19.6 Å². The van der Waals surface area contributed by atoms with E-state index in [9.17, 15) is 14.4 Å². The Morgan fingerprint density at radius 1 is 0.472 bits per heavy atom. The molecule has 0 aliphatic carbocycles. The lowest BCUT2D eigenvalue weighted by atomic mass is 9.98. The molecule has 0 bridgehead atoms. The highest BCUT2D eigenvalue weighted by molar-refractivity contribution is 6.31. The number of ether oxygens (including phenoxy) is 3. The minimum Gasteiger partial charge on any atom is -0.472 e. The quantitative estimate of drug-likeness (QED) is 0.110. The number of rotatable bonds is 12. The fourth-order valence-electron chi connectivity index (χ4n) is 10.7. The Morgan fingerprint density at radius 3 is 1.38 bits per heavy atom. The first-order valence-electron chi connectivity index (χ1n) is 29.2. The maximum atomic E-state index is 13.5. The normalized spacial score (nSPS) is 19.0. The summed E-state index contributed by atoms with van der Waals surface area (Å²) in [5.41, 5.74) is 5.46. The Balaban J connectivity index is 0.000000147. The molecule has 25 heteroatoms. The average Bonchev–Trinajstić information content (AvgIpc) is 2.34. The number of piperidine rings is 3. The lowest BCUT2D eigenvalue weighted by Crippen LogP contribution is -2.51. The van der Waals surface area contributed by atoms with E-state index in [1.54, 1.807) is 122 Å². The van der Waals surface area contributed by atoms with Gasteiger partial charge in [0.25, 0.3) is 17.7 Å². The first kappa shape index (κ1) is 62.9. The summed E-state index contributed by atoms with van der Waals surface area (Å²) in [6.07, 6.45) is 22.3. The zero-order valence-corrected chi connectivity index (χ0v) is 52.1. The number of aromatic nitrogens is 13. The predicted octanol–water partition coefficient (Wildman–Crippen LogP) is 11.0. The number of hydrogen-bond acceptors (Lipinski definition) is 18. The van der Waals surface area contributed by atoms with Gasteiger partial charge in [0, 0.05) is 99.3 Å². The average molecular weight is 1260 g/mol. The second-order valence-electron chi connectivity index (χ2n) is 21.7. The zero-order valence-electron chi connectivity index (χ0n) is 49.8. The molecular formula is C64H65Cl3N16O6. The van der Waals surface area contributed by atoms with Gasteiger partial charge in [0.05, 0.1) is 56.7 Å². The maximum absolute atomic E-state index is 13.5. The molecule has 22 nitrogen and oxygen atoms in total. The highest BCUT2D eigenvalue weighted by Crippen LogP contribution is 2.31. The number of amides is 3. The fourth-order valence-corrected chi connectivity index (χ4v) is 11.1. The van der Waals surface area contributed by atoms with E-state index in [-0.39, 0.29) is 54.2 Å². The Hall–Kier alpha value is -9.12. The van der Waals surface area contributed by atoms with Crippen LogP contribution in [-0.4, -0.2) is 153 Å². The van der Waals surface area contributed by atoms with Crippen LogP contribution in [0.1, 0.15) is 107 Å². The summed E-state index contributed by atoms with van der Waals surface area (Å²) < 4.78 is 18.2. The number of halogens is 3. The van der Waals surface area contributed by atoms with Gasteiger partial charge in [-0.1, -0.05) is 34.8 Å². The van der Waals surface area contributed by atoms with E-state index in [1.165, 1.54) is 4.80 Å². The molecule has 6 atom stereocenters. The van der Waals surface area contributed by atoms with Gasteiger partial charge in [-0.15, -0.1) is 4.80 Å². The van der Waals surface area contributed by atoms with Crippen LogP contribution in [0.5, 0.6) is 17.6 Å². The number of hydrogen-bond donors (Lipinski definition) is 0. The number of carbonyl (C=O) groups excluding carboxylic acids is 3. The molecule has 3 aliphatic heterocycles. The third kappa shape index (κ3) is 15.6. The topological polar surface area (TPSA) is 248 Å². The van der Waals surface area contributed by atoms with Crippen molar-refractivity contribution in [3.63, 3.8) is 0 Å². The lowest BCUT2D eigenvalue weighted by Gasteiger charge is -2.39. The number of pyridine rings is 6. The van der Waals surface area contributed by atoms with E-state index in [0.29, 0.717) is 97.9 Å². The summed E-state index contributed by atoms with van der Waals surface area (Å²) in [6, 6.07) is 20.9. The summed E-state index contributed by atoms with van der Waals surface area (Å²) in [5, 5.41) is 9.96. The molecule has 12 rings (SSSR count). The monoisotopic (exact) mass is 1260 g/mol. The van der Waals surface area contributed by atoms with Gasteiger partial charge in [-0.25, -0.2) is 39.9 Å². The number of likely N-dealkylation sites (tertiary alicyclic amines) is 3. The molecule has 3 saturated heterocycles. The Morgan fingerprint density at radius 2 is 0.910 bits per heavy atom. The van der Waals surface area contributed by atoms with Gasteiger partial charge >= 0.3 is 0 Å². The molecule has 3 fully saturated rings. The van der Waals surface area contributed by atoms with Gasteiger partial charge in [0.15, 0.2) is 17.3 Å². The van der Waals surface area contributed by atoms with Crippen molar-refractivity contribution in [3.05, 3.63) is 190 Å². The molecular weight excluding hydrogens is 1200 g/mol. The van der Waals surface area contributed by atoms with Crippen LogP contribution in [0.15, 0.2) is 141 Å². The van der Waals surface area contributed by atoms with Gasteiger partial charge in [-0.05, 0) is 146 Å². The number of nitrogens with zero attached hydrogens (tertiary/aromatic N) is 16. The Labute approximate surface area is 530 Å². The molecule has 0 N–H and O–H groups in total. The van der Waals surface area contributed by atoms with Crippen molar-refractivity contribution in [3.8, 4) is 46.2 Å². The Kier molecular flexibility index (Phi) is 20.7. The van der Waals surface area contributed by atoms with Crippen molar-refractivity contribution < 1.29 is 28.6 Å². The van der Waals surface area contributed by atoms with Crippen LogP contribution >= 0.6 is 34.8 Å². The standard InChI is InChI=1S/2C22H22ClN5O2.C20H21ClN6O2/c1-14-11-17(20(27-12-14)21-24-8-4-9-25-21)22(29)28-10-3-5-18(15(28)2)30-19-7-6-16(23)13-26-19;1-14-11-17(21-24-8-4-9-25-21)20(27-12-14)22(29)28-10-3-5-18(15(28)2)30-19-7-6-16(23)13-26-19;1-13-5-7-16(27-23-9-10-24-27)19(25-13)20(28)26-11-3-4-17(14(26)2)29-18-8-6-15(21)12-22-18/h2*4,6-9,11-13,15,18H,3,5,10H2,1-2H3;5-10,12,14,17H,3-4,11H2,1-2H3/t2*15-,18+;14-,17+/m000/s1. The number of carbonyl (C=O) groups is 3. The maximum Gasteiger partial charge on any atom is 0.275 e. The summed E-state index contributed by atoms with van der Waals surface area (Å²) in [7, 11) is 0. The molecule has 9 aromatic heterocycles. The molecule has 3 amide bonds. The largest absolute Gasteiger partial charge is 0.472 e. The summed E-state index contributed by atoms with van der Waals surface area (Å²) in [4.78, 5) is 90.5. The summed E-state index contributed by atoms with van der Waals surface area (Å²) >= 11 is 17.7. The van der Waals surface area contributed by atoms with Crippen LogP contribution in [0.25, 0.3) is 28.6 Å². The van der Waals surface area contributed by atoms with E-state index >= 15 is 0 Å².